The molecule has 42 valence electrons. The summed E-state index contributed by atoms with van der Waals surface area (Å²) in [6, 6.07) is 0. The monoisotopic (exact) mass is 102 g/mol. The average molecular weight is 102 g/mol. The fraction of sp³-hybridized carbons (Fsp3) is 0.600. The summed E-state index contributed by atoms with van der Waals surface area (Å²) in [5.74, 6) is 0. The number of aliphatic hydroxyl groups is 1. The van der Waals surface area contributed by atoms with Gasteiger partial charge in [0, 0.05) is 13.5 Å². The van der Waals surface area contributed by atoms with Gasteiger partial charge in [-0.3, -0.25) is 0 Å². The van der Waals surface area contributed by atoms with E-state index in [0.717, 1.165) is 0 Å². The maximum Gasteiger partial charge on any atom is 0.157 e. The van der Waals surface area contributed by atoms with E-state index < -0.39 is 6.29 Å². The number of hydrogen-bond acceptors (Lipinski definition) is 2. The van der Waals surface area contributed by atoms with Crippen LogP contribution in [0.4, 0.5) is 0 Å². The van der Waals surface area contributed by atoms with Gasteiger partial charge in [-0.05, 0) is 0 Å². The van der Waals surface area contributed by atoms with E-state index in [4.69, 9.17) is 5.11 Å². The van der Waals surface area contributed by atoms with Crippen LogP contribution >= 0.6 is 0 Å². The lowest BCUT2D eigenvalue weighted by atomic mass is 10.4. The summed E-state index contributed by atoms with van der Waals surface area (Å²) < 4.78 is 4.47. The van der Waals surface area contributed by atoms with Gasteiger partial charge in [0.25, 0.3) is 0 Å². The van der Waals surface area contributed by atoms with Crippen LogP contribution in [0.5, 0.6) is 0 Å². The van der Waals surface area contributed by atoms with E-state index in [1.165, 1.54) is 7.11 Å². The third-order valence-corrected chi connectivity index (χ3v) is 0.640. The van der Waals surface area contributed by atoms with Crippen LogP contribution < -0.4 is 0 Å². The number of aliphatic hydroxyl groups excluding tert-OH is 1. The van der Waals surface area contributed by atoms with Gasteiger partial charge in [-0.2, -0.15) is 0 Å². The molecule has 0 aromatic rings. The van der Waals surface area contributed by atoms with E-state index in [9.17, 15) is 0 Å². The topological polar surface area (TPSA) is 29.5 Å². The highest BCUT2D eigenvalue weighted by Crippen LogP contribution is 1.89. The van der Waals surface area contributed by atoms with Crippen molar-refractivity contribution in [2.24, 2.45) is 0 Å². The molecule has 0 radical (unpaired) electrons. The number of rotatable bonds is 3. The Morgan fingerprint density at radius 1 is 2.00 bits per heavy atom. The first-order valence-electron chi connectivity index (χ1n) is 2.13. The van der Waals surface area contributed by atoms with Crippen molar-refractivity contribution in [1.29, 1.82) is 0 Å². The summed E-state index contributed by atoms with van der Waals surface area (Å²) in [4.78, 5) is 0. The molecule has 0 rings (SSSR count). The second-order valence-corrected chi connectivity index (χ2v) is 1.21. The predicted octanol–water partition coefficient (Wildman–Crippen LogP) is 0.527. The molecule has 0 amide bonds. The predicted molar refractivity (Wildman–Crippen MR) is 27.8 cm³/mol. The van der Waals surface area contributed by atoms with Crippen molar-refractivity contribution in [3.8, 4) is 0 Å². The highest BCUT2D eigenvalue weighted by Gasteiger charge is 1.92. The van der Waals surface area contributed by atoms with E-state index in [2.05, 4.69) is 11.3 Å². The minimum absolute atomic E-state index is 0.497. The van der Waals surface area contributed by atoms with E-state index in [1.54, 1.807) is 6.08 Å². The van der Waals surface area contributed by atoms with Crippen LogP contribution in [0.1, 0.15) is 6.42 Å². The zero-order valence-corrected chi connectivity index (χ0v) is 4.42. The largest absolute Gasteiger partial charge is 0.368 e. The number of methoxy groups -OCH3 is 1. The van der Waals surface area contributed by atoms with Crippen molar-refractivity contribution < 1.29 is 9.84 Å². The molecule has 0 aliphatic carbocycles. The van der Waals surface area contributed by atoms with Gasteiger partial charge in [-0.1, -0.05) is 6.08 Å². The smallest absolute Gasteiger partial charge is 0.157 e. The molecule has 2 nitrogen and oxygen atoms in total. The number of hydrogen-bond donors (Lipinski definition) is 1. The Kier molecular flexibility index (Phi) is 3.65. The minimum atomic E-state index is -0.669. The zero-order chi connectivity index (χ0) is 5.70. The average Bonchev–Trinajstić information content (AvgIpc) is 1.68. The summed E-state index contributed by atoms with van der Waals surface area (Å²) in [6.45, 7) is 3.41. The molecule has 0 aliphatic rings. The molecule has 7 heavy (non-hydrogen) atoms. The molecule has 0 spiro atoms. The summed E-state index contributed by atoms with van der Waals surface area (Å²) in [7, 11) is 1.45. The summed E-state index contributed by atoms with van der Waals surface area (Å²) in [6.07, 6.45) is 1.43. The van der Waals surface area contributed by atoms with Crippen molar-refractivity contribution in [2.75, 3.05) is 7.11 Å². The van der Waals surface area contributed by atoms with Crippen LogP contribution in [0.3, 0.4) is 0 Å². The van der Waals surface area contributed by atoms with Crippen molar-refractivity contribution in [3.05, 3.63) is 12.7 Å². The van der Waals surface area contributed by atoms with Gasteiger partial charge in [0.05, 0.1) is 0 Å². The lowest BCUT2D eigenvalue weighted by Crippen LogP contribution is -2.05. The molecular weight excluding hydrogens is 92.1 g/mol. The Bertz CT molecular complexity index is 52.0. The Balaban J connectivity index is 2.98. The molecule has 0 fully saturated rings. The van der Waals surface area contributed by atoms with Gasteiger partial charge in [0.15, 0.2) is 6.29 Å². The molecule has 0 heterocycles. The van der Waals surface area contributed by atoms with Crippen molar-refractivity contribution in [2.45, 2.75) is 12.7 Å². The molecule has 2 heteroatoms. The van der Waals surface area contributed by atoms with E-state index >= 15 is 0 Å². The van der Waals surface area contributed by atoms with Gasteiger partial charge in [0.2, 0.25) is 0 Å². The van der Waals surface area contributed by atoms with Crippen LogP contribution in [0.15, 0.2) is 12.7 Å². The SMILES string of the molecule is C=CCC(O)OC. The van der Waals surface area contributed by atoms with Crippen molar-refractivity contribution in [3.63, 3.8) is 0 Å². The molecule has 1 N–H and O–H groups in total. The van der Waals surface area contributed by atoms with Crippen LogP contribution in [0.2, 0.25) is 0 Å². The third kappa shape index (κ3) is 3.49. The maximum atomic E-state index is 8.56. The molecule has 1 unspecified atom stereocenters. The van der Waals surface area contributed by atoms with Crippen LogP contribution in [0, 0.1) is 0 Å². The van der Waals surface area contributed by atoms with Gasteiger partial charge in [-0.15, -0.1) is 6.58 Å². The first kappa shape index (κ1) is 6.66. The summed E-state index contributed by atoms with van der Waals surface area (Å²) >= 11 is 0. The molecular formula is C5H10O2. The first-order chi connectivity index (χ1) is 3.31. The Hall–Kier alpha value is -0.340. The van der Waals surface area contributed by atoms with E-state index in [0.29, 0.717) is 6.42 Å². The van der Waals surface area contributed by atoms with Gasteiger partial charge in [0.1, 0.15) is 0 Å². The van der Waals surface area contributed by atoms with Crippen molar-refractivity contribution in [1.82, 2.24) is 0 Å². The van der Waals surface area contributed by atoms with Gasteiger partial charge in [-0.25, -0.2) is 0 Å². The lowest BCUT2D eigenvalue weighted by molar-refractivity contribution is -0.0701. The maximum absolute atomic E-state index is 8.56. The minimum Gasteiger partial charge on any atom is -0.368 e. The molecule has 0 saturated carbocycles. The van der Waals surface area contributed by atoms with E-state index in [-0.39, 0.29) is 0 Å². The molecule has 0 aliphatic heterocycles. The lowest BCUT2D eigenvalue weighted by Gasteiger charge is -2.01. The van der Waals surface area contributed by atoms with Gasteiger partial charge < -0.3 is 9.84 Å². The Labute approximate surface area is 43.4 Å². The summed E-state index contributed by atoms with van der Waals surface area (Å²) in [5, 5.41) is 8.56. The van der Waals surface area contributed by atoms with Crippen LogP contribution in [-0.4, -0.2) is 18.5 Å². The van der Waals surface area contributed by atoms with Crippen LogP contribution in [0.25, 0.3) is 0 Å². The molecule has 0 aromatic carbocycles. The standard InChI is InChI=1S/C5H10O2/c1-3-4-5(6)7-2/h3,5-6H,1,4H2,2H3. The quantitative estimate of drug-likeness (QED) is 0.416. The molecule has 0 bridgehead atoms. The zero-order valence-electron chi connectivity index (χ0n) is 4.42. The highest BCUT2D eigenvalue weighted by molar-refractivity contribution is 4.66. The van der Waals surface area contributed by atoms with Crippen molar-refractivity contribution >= 4 is 0 Å². The second kappa shape index (κ2) is 3.84. The second-order valence-electron chi connectivity index (χ2n) is 1.21. The molecule has 1 atom stereocenters. The Morgan fingerprint density at radius 2 is 2.57 bits per heavy atom. The highest BCUT2D eigenvalue weighted by atomic mass is 16.6. The van der Waals surface area contributed by atoms with Crippen LogP contribution in [-0.2, 0) is 4.74 Å². The molecule has 0 aromatic heterocycles. The normalized spacial score (nSPS) is 13.4. The number of ether oxygens (including phenoxy) is 1. The first-order valence-corrected chi connectivity index (χ1v) is 2.13. The van der Waals surface area contributed by atoms with E-state index in [1.807, 2.05) is 0 Å². The Morgan fingerprint density at radius 3 is 2.71 bits per heavy atom. The molecule has 0 saturated heterocycles. The third-order valence-electron chi connectivity index (χ3n) is 0.640. The fourth-order valence-corrected chi connectivity index (χ4v) is 0.239. The van der Waals surface area contributed by atoms with Gasteiger partial charge >= 0.3 is 0 Å². The summed E-state index contributed by atoms with van der Waals surface area (Å²) in [5.41, 5.74) is 0. The fourth-order valence-electron chi connectivity index (χ4n) is 0.239.